The number of methoxy groups -OCH3 is 1. The SMILES string of the molecule is CCc1noc(CCCC(=O)Nc2ccc(OC)c(OC(F)F)c2)n1. The van der Waals surface area contributed by atoms with Gasteiger partial charge in [-0.15, -0.1) is 0 Å². The molecule has 2 aromatic rings. The molecule has 1 aromatic heterocycles. The van der Waals surface area contributed by atoms with Crippen LogP contribution in [0, 0.1) is 0 Å². The third kappa shape index (κ3) is 5.70. The molecule has 0 aliphatic rings. The lowest BCUT2D eigenvalue weighted by Gasteiger charge is -2.12. The van der Waals surface area contributed by atoms with E-state index in [0.29, 0.717) is 36.7 Å². The number of hydrogen-bond acceptors (Lipinski definition) is 6. The molecular weight excluding hydrogens is 336 g/mol. The predicted molar refractivity (Wildman–Crippen MR) is 84.9 cm³/mol. The molecule has 25 heavy (non-hydrogen) atoms. The molecule has 1 amide bonds. The van der Waals surface area contributed by atoms with Crippen LogP contribution in [0.25, 0.3) is 0 Å². The van der Waals surface area contributed by atoms with Crippen LogP contribution in [0.4, 0.5) is 14.5 Å². The minimum Gasteiger partial charge on any atom is -0.493 e. The highest BCUT2D eigenvalue weighted by atomic mass is 19.3. The molecule has 0 aliphatic heterocycles. The van der Waals surface area contributed by atoms with Crippen LogP contribution in [0.1, 0.15) is 31.5 Å². The Morgan fingerprint density at radius 3 is 2.80 bits per heavy atom. The molecule has 136 valence electrons. The number of hydrogen-bond donors (Lipinski definition) is 1. The van der Waals surface area contributed by atoms with Crippen LogP contribution in [-0.2, 0) is 17.6 Å². The molecule has 0 radical (unpaired) electrons. The fourth-order valence-corrected chi connectivity index (χ4v) is 2.10. The highest BCUT2D eigenvalue weighted by molar-refractivity contribution is 5.91. The zero-order chi connectivity index (χ0) is 18.2. The van der Waals surface area contributed by atoms with Crippen molar-refractivity contribution in [3.63, 3.8) is 0 Å². The van der Waals surface area contributed by atoms with E-state index in [1.807, 2.05) is 6.92 Å². The number of amides is 1. The first-order chi connectivity index (χ1) is 12.0. The number of nitrogens with one attached hydrogen (secondary N) is 1. The van der Waals surface area contributed by atoms with Crippen molar-refractivity contribution in [1.82, 2.24) is 10.1 Å². The van der Waals surface area contributed by atoms with Crippen molar-refractivity contribution in [2.24, 2.45) is 0 Å². The Morgan fingerprint density at radius 1 is 1.36 bits per heavy atom. The number of carbonyl (C=O) groups is 1. The highest BCUT2D eigenvalue weighted by Gasteiger charge is 2.13. The summed E-state index contributed by atoms with van der Waals surface area (Å²) in [4.78, 5) is 16.1. The summed E-state index contributed by atoms with van der Waals surface area (Å²) in [5, 5.41) is 6.40. The van der Waals surface area contributed by atoms with Gasteiger partial charge in [0, 0.05) is 31.0 Å². The molecular formula is C16H19F2N3O4. The van der Waals surface area contributed by atoms with Gasteiger partial charge in [0.2, 0.25) is 11.8 Å². The third-order valence-corrected chi connectivity index (χ3v) is 3.28. The molecule has 0 fully saturated rings. The Morgan fingerprint density at radius 2 is 2.16 bits per heavy atom. The molecule has 0 spiro atoms. The Bertz CT molecular complexity index is 706. The zero-order valence-electron chi connectivity index (χ0n) is 13.9. The summed E-state index contributed by atoms with van der Waals surface area (Å²) in [5.41, 5.74) is 0.340. The van der Waals surface area contributed by atoms with Crippen molar-refractivity contribution in [2.45, 2.75) is 39.2 Å². The van der Waals surface area contributed by atoms with Crippen LogP contribution >= 0.6 is 0 Å². The molecule has 0 unspecified atom stereocenters. The number of nitrogens with zero attached hydrogens (tertiary/aromatic N) is 2. The van der Waals surface area contributed by atoms with Gasteiger partial charge in [-0.2, -0.15) is 13.8 Å². The summed E-state index contributed by atoms with van der Waals surface area (Å²) in [6.07, 6.45) is 1.92. The molecule has 0 bridgehead atoms. The molecule has 0 saturated carbocycles. The van der Waals surface area contributed by atoms with Gasteiger partial charge in [-0.3, -0.25) is 4.79 Å². The van der Waals surface area contributed by atoms with E-state index >= 15 is 0 Å². The number of rotatable bonds is 9. The first-order valence-electron chi connectivity index (χ1n) is 7.76. The van der Waals surface area contributed by atoms with Gasteiger partial charge >= 0.3 is 6.61 Å². The molecule has 0 aliphatic carbocycles. The van der Waals surface area contributed by atoms with Crippen molar-refractivity contribution in [2.75, 3.05) is 12.4 Å². The van der Waals surface area contributed by atoms with E-state index < -0.39 is 6.61 Å². The quantitative estimate of drug-likeness (QED) is 0.743. The molecule has 1 aromatic carbocycles. The monoisotopic (exact) mass is 355 g/mol. The molecule has 1 N–H and O–H groups in total. The Labute approximate surface area is 143 Å². The van der Waals surface area contributed by atoms with Gasteiger partial charge in [-0.05, 0) is 18.6 Å². The standard InChI is InChI=1S/C16H19F2N3O4/c1-3-13-20-15(25-21-13)6-4-5-14(22)19-10-7-8-11(23-2)12(9-10)24-16(17)18/h7-9,16H,3-6H2,1-2H3,(H,19,22). The van der Waals surface area contributed by atoms with Crippen molar-refractivity contribution in [3.8, 4) is 11.5 Å². The molecule has 0 atom stereocenters. The highest BCUT2D eigenvalue weighted by Crippen LogP contribution is 2.31. The zero-order valence-corrected chi connectivity index (χ0v) is 13.9. The van der Waals surface area contributed by atoms with E-state index in [0.717, 1.165) is 0 Å². The summed E-state index contributed by atoms with van der Waals surface area (Å²) in [7, 11) is 1.34. The molecule has 0 saturated heterocycles. The molecule has 7 nitrogen and oxygen atoms in total. The predicted octanol–water partition coefficient (Wildman–Crippen LogP) is 3.20. The van der Waals surface area contributed by atoms with Crippen molar-refractivity contribution in [1.29, 1.82) is 0 Å². The number of aryl methyl sites for hydroxylation is 2. The van der Waals surface area contributed by atoms with Crippen molar-refractivity contribution < 1.29 is 27.6 Å². The smallest absolute Gasteiger partial charge is 0.387 e. The maximum Gasteiger partial charge on any atom is 0.387 e. The number of carbonyl (C=O) groups excluding carboxylic acids is 1. The van der Waals surface area contributed by atoms with Crippen LogP contribution in [0.5, 0.6) is 11.5 Å². The van der Waals surface area contributed by atoms with Gasteiger partial charge < -0.3 is 19.3 Å². The maximum absolute atomic E-state index is 12.4. The second-order valence-electron chi connectivity index (χ2n) is 5.10. The second kappa shape index (κ2) is 8.95. The normalized spacial score (nSPS) is 10.8. The van der Waals surface area contributed by atoms with Gasteiger partial charge in [-0.25, -0.2) is 0 Å². The summed E-state index contributed by atoms with van der Waals surface area (Å²) >= 11 is 0. The number of alkyl halides is 2. The van der Waals surface area contributed by atoms with Gasteiger partial charge in [0.05, 0.1) is 7.11 Å². The van der Waals surface area contributed by atoms with Crippen LogP contribution in [0.15, 0.2) is 22.7 Å². The first-order valence-corrected chi connectivity index (χ1v) is 7.76. The number of anilines is 1. The lowest BCUT2D eigenvalue weighted by molar-refractivity contribution is -0.116. The lowest BCUT2D eigenvalue weighted by atomic mass is 10.2. The van der Waals surface area contributed by atoms with Gasteiger partial charge in [-0.1, -0.05) is 12.1 Å². The topological polar surface area (TPSA) is 86.5 Å². The minimum atomic E-state index is -2.98. The molecule has 2 rings (SSSR count). The second-order valence-corrected chi connectivity index (χ2v) is 5.10. The van der Waals surface area contributed by atoms with E-state index in [1.54, 1.807) is 6.07 Å². The van der Waals surface area contributed by atoms with Crippen LogP contribution in [0.3, 0.4) is 0 Å². The lowest BCUT2D eigenvalue weighted by Crippen LogP contribution is -2.12. The number of aromatic nitrogens is 2. The average Bonchev–Trinajstić information content (AvgIpc) is 3.02. The van der Waals surface area contributed by atoms with E-state index in [4.69, 9.17) is 9.26 Å². The Kier molecular flexibility index (Phi) is 6.67. The number of benzene rings is 1. The third-order valence-electron chi connectivity index (χ3n) is 3.28. The van der Waals surface area contributed by atoms with Crippen molar-refractivity contribution >= 4 is 11.6 Å². The van der Waals surface area contributed by atoms with E-state index in [-0.39, 0.29) is 23.8 Å². The van der Waals surface area contributed by atoms with Crippen LogP contribution < -0.4 is 14.8 Å². The van der Waals surface area contributed by atoms with E-state index in [9.17, 15) is 13.6 Å². The largest absolute Gasteiger partial charge is 0.493 e. The van der Waals surface area contributed by atoms with Crippen LogP contribution in [0.2, 0.25) is 0 Å². The summed E-state index contributed by atoms with van der Waals surface area (Å²) in [5.74, 6) is 0.865. The van der Waals surface area contributed by atoms with Gasteiger partial charge in [0.25, 0.3) is 0 Å². The van der Waals surface area contributed by atoms with Gasteiger partial charge in [0.1, 0.15) is 0 Å². The minimum absolute atomic E-state index is 0.145. The van der Waals surface area contributed by atoms with Crippen LogP contribution in [-0.4, -0.2) is 29.8 Å². The summed E-state index contributed by atoms with van der Waals surface area (Å²) in [6, 6.07) is 4.27. The maximum atomic E-state index is 12.4. The fourth-order valence-electron chi connectivity index (χ4n) is 2.10. The van der Waals surface area contributed by atoms with E-state index in [2.05, 4.69) is 20.2 Å². The fraction of sp³-hybridized carbons (Fsp3) is 0.438. The molecule has 1 heterocycles. The first kappa shape index (κ1) is 18.6. The average molecular weight is 355 g/mol. The number of ether oxygens (including phenoxy) is 2. The Hall–Kier alpha value is -2.71. The van der Waals surface area contributed by atoms with Crippen molar-refractivity contribution in [3.05, 3.63) is 29.9 Å². The summed E-state index contributed by atoms with van der Waals surface area (Å²) < 4.78 is 39.2. The van der Waals surface area contributed by atoms with Gasteiger partial charge in [0.15, 0.2) is 17.3 Å². The molecule has 9 heteroatoms. The number of halogens is 2. The Balaban J connectivity index is 1.86. The summed E-state index contributed by atoms with van der Waals surface area (Å²) in [6.45, 7) is -1.06. The van der Waals surface area contributed by atoms with E-state index in [1.165, 1.54) is 19.2 Å².